The molecule has 0 saturated heterocycles. The van der Waals surface area contributed by atoms with Gasteiger partial charge in [-0.1, -0.05) is 29.7 Å². The number of nitrogens with one attached hydrogen (secondary N) is 1. The Labute approximate surface area is 180 Å². The number of nitrogens with two attached hydrogens (primary N) is 1. The predicted octanol–water partition coefficient (Wildman–Crippen LogP) is 4.02. The molecule has 31 heavy (non-hydrogen) atoms. The number of alkyl halides is 2. The minimum Gasteiger partial charge on any atom is -0.396 e. The van der Waals surface area contributed by atoms with Crippen molar-refractivity contribution in [2.75, 3.05) is 11.1 Å². The van der Waals surface area contributed by atoms with Crippen LogP contribution in [0.25, 0.3) is 0 Å². The van der Waals surface area contributed by atoms with Gasteiger partial charge in [0.15, 0.2) is 10.8 Å². The fourth-order valence-corrected chi connectivity index (χ4v) is 2.82. The molecule has 1 aromatic carbocycles. The molecule has 0 bridgehead atoms. The van der Waals surface area contributed by atoms with Crippen molar-refractivity contribution in [1.82, 2.24) is 15.2 Å². The Morgan fingerprint density at radius 2 is 1.87 bits per heavy atom. The van der Waals surface area contributed by atoms with Gasteiger partial charge in [0, 0.05) is 24.2 Å². The van der Waals surface area contributed by atoms with E-state index in [-0.39, 0.29) is 27.9 Å². The third kappa shape index (κ3) is 6.17. The van der Waals surface area contributed by atoms with Crippen molar-refractivity contribution in [3.8, 4) is 11.8 Å². The van der Waals surface area contributed by atoms with E-state index in [9.17, 15) is 18.0 Å². The quantitative estimate of drug-likeness (QED) is 0.578. The molecule has 0 unspecified atom stereocenters. The molecule has 2 aromatic heterocycles. The van der Waals surface area contributed by atoms with Crippen LogP contribution in [0.4, 0.5) is 24.7 Å². The second-order valence-electron chi connectivity index (χ2n) is 6.37. The van der Waals surface area contributed by atoms with E-state index < -0.39 is 30.5 Å². The number of pyridine rings is 1. The summed E-state index contributed by atoms with van der Waals surface area (Å²) >= 11 is 5.70. The normalized spacial score (nSPS) is 11.5. The van der Waals surface area contributed by atoms with E-state index in [0.717, 1.165) is 12.1 Å². The van der Waals surface area contributed by atoms with Gasteiger partial charge >= 0.3 is 0 Å². The van der Waals surface area contributed by atoms with E-state index in [1.54, 1.807) is 6.07 Å². The van der Waals surface area contributed by atoms with Crippen LogP contribution in [-0.2, 0) is 4.79 Å². The molecule has 158 valence electrons. The molecule has 1 amide bonds. The molecule has 3 rings (SSSR count). The van der Waals surface area contributed by atoms with Crippen molar-refractivity contribution < 1.29 is 18.0 Å². The van der Waals surface area contributed by atoms with Crippen LogP contribution in [0.3, 0.4) is 0 Å². The number of nitrogens with zero attached hydrogens (tertiary/aromatic N) is 3. The van der Waals surface area contributed by atoms with Crippen LogP contribution in [0.15, 0.2) is 48.7 Å². The highest BCUT2D eigenvalue weighted by Gasteiger charge is 2.25. The summed E-state index contributed by atoms with van der Waals surface area (Å²) < 4.78 is 39.2. The molecule has 2 heterocycles. The van der Waals surface area contributed by atoms with Gasteiger partial charge in [0.1, 0.15) is 11.6 Å². The minimum atomic E-state index is -2.73. The number of carbonyl (C=O) groups is 1. The average molecular weight is 446 g/mol. The molecule has 0 aliphatic heterocycles. The van der Waals surface area contributed by atoms with Gasteiger partial charge in [0.05, 0.1) is 11.6 Å². The molecule has 0 aliphatic rings. The standard InChI is InChI=1S/C21H15ClF3N5O/c22-18-11-16(26)17(29-30-18)6-1-12-7-8-27-20(9-12)28-21(31)15(10-19(24)25)13-2-4-14(23)5-3-13/h2-5,7-9,11,15,19H,10H2,(H2,26,30)(H,27,28,31)/t15-/m1/s1. The van der Waals surface area contributed by atoms with Gasteiger partial charge < -0.3 is 11.1 Å². The van der Waals surface area contributed by atoms with Crippen LogP contribution in [0.2, 0.25) is 5.15 Å². The first-order valence-electron chi connectivity index (χ1n) is 8.93. The lowest BCUT2D eigenvalue weighted by Crippen LogP contribution is -2.23. The van der Waals surface area contributed by atoms with Gasteiger partial charge in [-0.15, -0.1) is 10.2 Å². The van der Waals surface area contributed by atoms with E-state index >= 15 is 0 Å². The maximum Gasteiger partial charge on any atom is 0.239 e. The minimum absolute atomic E-state index is 0.119. The molecule has 0 saturated carbocycles. The van der Waals surface area contributed by atoms with E-state index in [2.05, 4.69) is 32.3 Å². The van der Waals surface area contributed by atoms with Crippen LogP contribution in [0, 0.1) is 17.7 Å². The van der Waals surface area contributed by atoms with Gasteiger partial charge in [0.2, 0.25) is 12.3 Å². The number of anilines is 2. The first kappa shape index (κ1) is 22.1. The van der Waals surface area contributed by atoms with E-state index in [1.807, 2.05) is 0 Å². The molecule has 6 nitrogen and oxygen atoms in total. The van der Waals surface area contributed by atoms with Crippen molar-refractivity contribution >= 4 is 29.0 Å². The summed E-state index contributed by atoms with van der Waals surface area (Å²) in [6.45, 7) is 0. The second kappa shape index (κ2) is 9.91. The Balaban J connectivity index is 1.79. The van der Waals surface area contributed by atoms with Crippen LogP contribution in [0.1, 0.15) is 29.2 Å². The molecule has 3 N–H and O–H groups in total. The Hall–Kier alpha value is -3.64. The predicted molar refractivity (Wildman–Crippen MR) is 110 cm³/mol. The number of hydrogen-bond acceptors (Lipinski definition) is 5. The van der Waals surface area contributed by atoms with Crippen LogP contribution < -0.4 is 11.1 Å². The Kier molecular flexibility index (Phi) is 7.05. The average Bonchev–Trinajstić information content (AvgIpc) is 2.72. The van der Waals surface area contributed by atoms with Crippen LogP contribution in [-0.4, -0.2) is 27.5 Å². The number of rotatable bonds is 5. The largest absolute Gasteiger partial charge is 0.396 e. The number of halogens is 4. The SMILES string of the molecule is Nc1cc(Cl)nnc1C#Cc1ccnc(NC(=O)[C@H](CC(F)F)c2ccc(F)cc2)c1. The molecule has 0 aliphatic carbocycles. The lowest BCUT2D eigenvalue weighted by atomic mass is 9.95. The number of amides is 1. The summed E-state index contributed by atoms with van der Waals surface area (Å²) in [6, 6.07) is 9.29. The summed E-state index contributed by atoms with van der Waals surface area (Å²) in [7, 11) is 0. The number of hydrogen-bond donors (Lipinski definition) is 2. The Morgan fingerprint density at radius 1 is 1.13 bits per heavy atom. The van der Waals surface area contributed by atoms with Crippen molar-refractivity contribution in [1.29, 1.82) is 0 Å². The first-order valence-corrected chi connectivity index (χ1v) is 9.31. The Morgan fingerprint density at radius 3 is 2.55 bits per heavy atom. The Bertz CT molecular complexity index is 1150. The summed E-state index contributed by atoms with van der Waals surface area (Å²) in [5.41, 5.74) is 6.99. The maximum absolute atomic E-state index is 13.2. The third-order valence-corrected chi connectivity index (χ3v) is 4.32. The van der Waals surface area contributed by atoms with Crippen molar-refractivity contribution in [3.63, 3.8) is 0 Å². The molecular formula is C21H15ClF3N5O. The number of carbonyl (C=O) groups excluding carboxylic acids is 1. The second-order valence-corrected chi connectivity index (χ2v) is 6.76. The lowest BCUT2D eigenvalue weighted by Gasteiger charge is -2.16. The van der Waals surface area contributed by atoms with Gasteiger partial charge in [-0.05, 0) is 35.7 Å². The van der Waals surface area contributed by atoms with Gasteiger partial charge in [0.25, 0.3) is 0 Å². The maximum atomic E-state index is 13.2. The molecule has 0 radical (unpaired) electrons. The molecule has 3 aromatic rings. The van der Waals surface area contributed by atoms with Gasteiger partial charge in [-0.3, -0.25) is 4.79 Å². The summed E-state index contributed by atoms with van der Waals surface area (Å²) in [5, 5.41) is 10.1. The molecule has 10 heteroatoms. The molecular weight excluding hydrogens is 431 g/mol. The molecule has 0 fully saturated rings. The number of aromatic nitrogens is 3. The fraction of sp³-hybridized carbons (Fsp3) is 0.143. The van der Waals surface area contributed by atoms with E-state index in [4.69, 9.17) is 17.3 Å². The van der Waals surface area contributed by atoms with E-state index in [0.29, 0.717) is 5.56 Å². The number of benzene rings is 1. The van der Waals surface area contributed by atoms with Crippen molar-refractivity contribution in [2.24, 2.45) is 0 Å². The zero-order valence-corrected chi connectivity index (χ0v) is 16.6. The van der Waals surface area contributed by atoms with Gasteiger partial charge in [-0.25, -0.2) is 18.2 Å². The van der Waals surface area contributed by atoms with Crippen LogP contribution in [0.5, 0.6) is 0 Å². The third-order valence-electron chi connectivity index (χ3n) is 4.13. The lowest BCUT2D eigenvalue weighted by molar-refractivity contribution is -0.118. The summed E-state index contributed by atoms with van der Waals surface area (Å²) in [5.74, 6) is 3.25. The zero-order chi connectivity index (χ0) is 22.4. The highest BCUT2D eigenvalue weighted by molar-refractivity contribution is 6.29. The molecule has 0 spiro atoms. The highest BCUT2D eigenvalue weighted by atomic mass is 35.5. The van der Waals surface area contributed by atoms with E-state index in [1.165, 1.54) is 30.5 Å². The topological polar surface area (TPSA) is 93.8 Å². The first-order chi connectivity index (χ1) is 14.8. The molecule has 1 atom stereocenters. The monoisotopic (exact) mass is 445 g/mol. The smallest absolute Gasteiger partial charge is 0.239 e. The zero-order valence-electron chi connectivity index (χ0n) is 15.8. The summed E-state index contributed by atoms with van der Waals surface area (Å²) in [6.07, 6.45) is -2.04. The summed E-state index contributed by atoms with van der Waals surface area (Å²) in [4.78, 5) is 16.7. The van der Waals surface area contributed by atoms with Crippen LogP contribution >= 0.6 is 11.6 Å². The number of nitrogen functional groups attached to an aromatic ring is 1. The highest BCUT2D eigenvalue weighted by Crippen LogP contribution is 2.25. The fourth-order valence-electron chi connectivity index (χ4n) is 2.67. The van der Waals surface area contributed by atoms with Crippen molar-refractivity contribution in [3.05, 3.63) is 76.5 Å². The van der Waals surface area contributed by atoms with Crippen molar-refractivity contribution in [2.45, 2.75) is 18.8 Å². The van der Waals surface area contributed by atoms with Gasteiger partial charge in [-0.2, -0.15) is 0 Å².